The molecule has 13 aromatic carbocycles. The van der Waals surface area contributed by atoms with Crippen LogP contribution in [0.5, 0.6) is 0 Å². The van der Waals surface area contributed by atoms with Crippen molar-refractivity contribution in [3.8, 4) is 27.9 Å². The second-order valence-corrected chi connectivity index (χ2v) is 24.6. The van der Waals surface area contributed by atoms with Crippen LogP contribution in [0.15, 0.2) is 285 Å². The Bertz CT molecular complexity index is 4800. The molecule has 0 saturated heterocycles. The molecule has 2 aliphatic rings. The molecule has 0 fully saturated rings. The van der Waals surface area contributed by atoms with Crippen molar-refractivity contribution in [1.82, 2.24) is 4.57 Å². The number of benzene rings is 13. The van der Waals surface area contributed by atoms with E-state index < -0.39 is 0 Å². The summed E-state index contributed by atoms with van der Waals surface area (Å²) in [7, 11) is 0. The predicted octanol–water partition coefficient (Wildman–Crippen LogP) is 23.0. The first kappa shape index (κ1) is 51.9. The Morgan fingerprint density at radius 1 is 0.264 bits per heavy atom. The minimum atomic E-state index is -0.209. The van der Waals surface area contributed by atoms with Gasteiger partial charge in [-0.25, -0.2) is 0 Å². The highest BCUT2D eigenvalue weighted by atomic mass is 15.1. The lowest BCUT2D eigenvalue weighted by atomic mass is 9.81. The third-order valence-electron chi connectivity index (χ3n) is 18.7. The smallest absolute Gasteiger partial charge is 0.0541 e. The molecule has 2 aliphatic carbocycles. The summed E-state index contributed by atoms with van der Waals surface area (Å²) in [6, 6.07) is 105. The van der Waals surface area contributed by atoms with Crippen molar-refractivity contribution in [3.05, 3.63) is 330 Å². The average Bonchev–Trinajstić information content (AvgIpc) is 1.65. The first-order valence-corrected chi connectivity index (χ1v) is 30.4. The van der Waals surface area contributed by atoms with Crippen molar-refractivity contribution < 1.29 is 0 Å². The Balaban J connectivity index is 0.696. The predicted molar refractivity (Wildman–Crippen MR) is 371 cm³/mol. The van der Waals surface area contributed by atoms with E-state index in [1.807, 2.05) is 0 Å². The molecule has 414 valence electrons. The largest absolute Gasteiger partial charge is 0.310 e. The van der Waals surface area contributed by atoms with Gasteiger partial charge in [-0.05, 0) is 198 Å². The third-order valence-corrected chi connectivity index (χ3v) is 18.7. The van der Waals surface area contributed by atoms with Crippen LogP contribution < -0.4 is 9.80 Å². The molecular formula is C84H63N3. The molecular weight excluding hydrogens is 1050 g/mol. The highest BCUT2D eigenvalue weighted by Gasteiger charge is 2.38. The Morgan fingerprint density at radius 2 is 0.586 bits per heavy atom. The lowest BCUT2D eigenvalue weighted by Gasteiger charge is -2.28. The SMILES string of the molecule is CC1(C)c2cc(C=Cc3ccc4c(c3)c3cc(C=Cc5ccc6c(c5)C(C)(C)c5cc(N(c7ccccc7)c7ccc8ccccc8c7)ccc5-6)ccc3n4-c3ccccc3)ccc2-c2ccc(N(c3ccccc3)c3ccc4ccccc4c3)cc21. The van der Waals surface area contributed by atoms with E-state index in [0.29, 0.717) is 0 Å². The molecule has 0 aliphatic heterocycles. The zero-order valence-electron chi connectivity index (χ0n) is 49.3. The quantitative estimate of drug-likeness (QED) is 0.120. The molecule has 0 spiro atoms. The molecule has 1 heterocycles. The lowest BCUT2D eigenvalue weighted by Crippen LogP contribution is -2.16. The van der Waals surface area contributed by atoms with Crippen molar-refractivity contribution >= 4 is 102 Å². The van der Waals surface area contributed by atoms with E-state index in [-0.39, 0.29) is 10.8 Å². The summed E-state index contributed by atoms with van der Waals surface area (Å²) >= 11 is 0. The van der Waals surface area contributed by atoms with Crippen LogP contribution in [0.4, 0.5) is 34.1 Å². The van der Waals surface area contributed by atoms with Gasteiger partial charge in [0.2, 0.25) is 0 Å². The van der Waals surface area contributed by atoms with Crippen LogP contribution in [0.2, 0.25) is 0 Å². The van der Waals surface area contributed by atoms with Gasteiger partial charge in [0.05, 0.1) is 11.0 Å². The number of rotatable bonds is 11. The van der Waals surface area contributed by atoms with Gasteiger partial charge in [-0.3, -0.25) is 0 Å². The number of hydrogen-bond acceptors (Lipinski definition) is 2. The fourth-order valence-corrected chi connectivity index (χ4v) is 14.2. The first-order valence-electron chi connectivity index (χ1n) is 30.4. The molecule has 0 amide bonds. The number of aromatic nitrogens is 1. The van der Waals surface area contributed by atoms with E-state index in [2.05, 4.69) is 351 Å². The molecule has 16 rings (SSSR count). The standard InChI is InChI=1S/C84H63N3/c1-83(2)77-50-58(32-42-71(77)73-44-40-69(54-79(73)83)85(64-22-8-5-9-23-64)67-38-36-60-18-14-16-20-62(60)52-67)30-28-56-34-46-81-75(48-56)76-49-57(35-47-82(76)87(81)66-26-12-7-13-27-66)29-31-59-33-43-72-74-45-41-70(55-80(74)84(3,4)78(72)51-59)86(65-24-10-6-11-25-65)68-39-37-61-19-15-17-21-63(61)53-68/h5-55H,1-4H3. The molecule has 0 saturated carbocycles. The maximum atomic E-state index is 2.42. The molecule has 0 bridgehead atoms. The van der Waals surface area contributed by atoms with Crippen LogP contribution in [-0.2, 0) is 10.8 Å². The van der Waals surface area contributed by atoms with Gasteiger partial charge in [0.15, 0.2) is 0 Å². The molecule has 0 N–H and O–H groups in total. The van der Waals surface area contributed by atoms with Crippen molar-refractivity contribution in [1.29, 1.82) is 0 Å². The van der Waals surface area contributed by atoms with Gasteiger partial charge in [-0.15, -0.1) is 0 Å². The van der Waals surface area contributed by atoms with Gasteiger partial charge in [-0.2, -0.15) is 0 Å². The number of para-hydroxylation sites is 3. The van der Waals surface area contributed by atoms with Gasteiger partial charge in [0.1, 0.15) is 0 Å². The Hall–Kier alpha value is -10.7. The summed E-state index contributed by atoms with van der Waals surface area (Å²) < 4.78 is 2.41. The Kier molecular flexibility index (Phi) is 12.2. The topological polar surface area (TPSA) is 11.4 Å². The Morgan fingerprint density at radius 3 is 1.01 bits per heavy atom. The summed E-state index contributed by atoms with van der Waals surface area (Å²) in [5.74, 6) is 0. The molecule has 3 nitrogen and oxygen atoms in total. The third kappa shape index (κ3) is 8.88. The summed E-state index contributed by atoms with van der Waals surface area (Å²) in [5.41, 5.74) is 25.2. The van der Waals surface area contributed by atoms with E-state index in [1.165, 1.54) is 99.0 Å². The van der Waals surface area contributed by atoms with Gasteiger partial charge in [0, 0.05) is 61.4 Å². The summed E-state index contributed by atoms with van der Waals surface area (Å²) in [4.78, 5) is 4.78. The number of nitrogens with zero attached hydrogens (tertiary/aromatic N) is 3. The maximum Gasteiger partial charge on any atom is 0.0541 e. The molecule has 0 atom stereocenters. The van der Waals surface area contributed by atoms with Crippen LogP contribution in [0.1, 0.15) is 72.2 Å². The minimum Gasteiger partial charge on any atom is -0.310 e. The monoisotopic (exact) mass is 1110 g/mol. The Labute approximate surface area is 509 Å². The second kappa shape index (κ2) is 20.5. The fourth-order valence-electron chi connectivity index (χ4n) is 14.2. The van der Waals surface area contributed by atoms with Crippen LogP contribution in [0.25, 0.3) is 95.6 Å². The van der Waals surface area contributed by atoms with Crippen molar-refractivity contribution in [3.63, 3.8) is 0 Å². The van der Waals surface area contributed by atoms with E-state index in [1.54, 1.807) is 0 Å². The van der Waals surface area contributed by atoms with Gasteiger partial charge in [-0.1, -0.05) is 228 Å². The maximum absolute atomic E-state index is 2.42. The van der Waals surface area contributed by atoms with E-state index in [4.69, 9.17) is 0 Å². The number of anilines is 6. The molecule has 1 aromatic heterocycles. The number of fused-ring (bicyclic) bond motifs is 11. The minimum absolute atomic E-state index is 0.209. The normalized spacial score (nSPS) is 13.6. The highest BCUT2D eigenvalue weighted by Crippen LogP contribution is 2.53. The average molecular weight is 1110 g/mol. The summed E-state index contributed by atoms with van der Waals surface area (Å²) in [5, 5.41) is 7.38. The van der Waals surface area contributed by atoms with Crippen molar-refractivity contribution in [2.24, 2.45) is 0 Å². The molecule has 14 aromatic rings. The van der Waals surface area contributed by atoms with Crippen LogP contribution in [0.3, 0.4) is 0 Å². The van der Waals surface area contributed by atoms with Gasteiger partial charge >= 0.3 is 0 Å². The van der Waals surface area contributed by atoms with Crippen molar-refractivity contribution in [2.45, 2.75) is 38.5 Å². The van der Waals surface area contributed by atoms with Crippen LogP contribution in [0, 0.1) is 0 Å². The zero-order chi connectivity index (χ0) is 58.4. The van der Waals surface area contributed by atoms with Crippen LogP contribution in [-0.4, -0.2) is 4.57 Å². The van der Waals surface area contributed by atoms with Gasteiger partial charge in [0.25, 0.3) is 0 Å². The van der Waals surface area contributed by atoms with Gasteiger partial charge < -0.3 is 14.4 Å². The molecule has 3 heteroatoms. The van der Waals surface area contributed by atoms with E-state index >= 15 is 0 Å². The van der Waals surface area contributed by atoms with E-state index in [9.17, 15) is 0 Å². The van der Waals surface area contributed by atoms with Crippen LogP contribution >= 0.6 is 0 Å². The first-order chi connectivity index (χ1) is 42.6. The molecule has 0 radical (unpaired) electrons. The van der Waals surface area contributed by atoms with E-state index in [0.717, 1.165) is 50.9 Å². The highest BCUT2D eigenvalue weighted by molar-refractivity contribution is 6.11. The zero-order valence-corrected chi connectivity index (χ0v) is 49.3. The summed E-state index contributed by atoms with van der Waals surface area (Å²) in [6.07, 6.45) is 9.13. The second-order valence-electron chi connectivity index (χ2n) is 24.6. The number of hydrogen-bond donors (Lipinski definition) is 0. The lowest BCUT2D eigenvalue weighted by molar-refractivity contribution is 0.660. The molecule has 87 heavy (non-hydrogen) atoms. The molecule has 0 unspecified atom stereocenters. The summed E-state index contributed by atoms with van der Waals surface area (Å²) in [6.45, 7) is 9.52. The fraction of sp³-hybridized carbons (Fsp3) is 0.0714. The van der Waals surface area contributed by atoms with Crippen molar-refractivity contribution in [2.75, 3.05) is 9.80 Å².